The van der Waals surface area contributed by atoms with Gasteiger partial charge < -0.3 is 15.8 Å². The second kappa shape index (κ2) is 5.35. The van der Waals surface area contributed by atoms with Crippen LogP contribution in [0.2, 0.25) is 0 Å². The Hall–Kier alpha value is -1.71. The molecule has 3 N–H and O–H groups in total. The van der Waals surface area contributed by atoms with E-state index >= 15 is 0 Å². The zero-order valence-electron chi connectivity index (χ0n) is 11.9. The van der Waals surface area contributed by atoms with Gasteiger partial charge in [0, 0.05) is 6.54 Å². The van der Waals surface area contributed by atoms with Crippen LogP contribution in [0.1, 0.15) is 36.0 Å². The van der Waals surface area contributed by atoms with E-state index in [-0.39, 0.29) is 5.97 Å². The van der Waals surface area contributed by atoms with Gasteiger partial charge in [-0.2, -0.15) is 0 Å². The molecule has 3 rings (SSSR count). The number of nitrogens with one attached hydrogen (secondary N) is 1. The number of esters is 1. The second-order valence-electron chi connectivity index (χ2n) is 5.98. The van der Waals surface area contributed by atoms with Crippen LogP contribution in [0, 0.1) is 17.8 Å². The van der Waals surface area contributed by atoms with Crippen molar-refractivity contribution < 1.29 is 9.53 Å². The van der Waals surface area contributed by atoms with Crippen molar-refractivity contribution in [1.82, 2.24) is 0 Å². The van der Waals surface area contributed by atoms with Gasteiger partial charge in [-0.05, 0) is 55.6 Å². The number of nitrogen functional groups attached to an aromatic ring is 1. The number of hydrogen-bond donors (Lipinski definition) is 2. The fourth-order valence-corrected chi connectivity index (χ4v) is 3.03. The Balaban J connectivity index is 1.73. The van der Waals surface area contributed by atoms with Gasteiger partial charge in [0.25, 0.3) is 0 Å². The summed E-state index contributed by atoms with van der Waals surface area (Å²) in [5.41, 5.74) is 7.88. The first-order valence-corrected chi connectivity index (χ1v) is 7.41. The molecule has 0 aliphatic heterocycles. The van der Waals surface area contributed by atoms with Crippen LogP contribution >= 0.6 is 0 Å². The molecule has 0 radical (unpaired) electrons. The molecule has 20 heavy (non-hydrogen) atoms. The fourth-order valence-electron chi connectivity index (χ4n) is 3.03. The molecule has 2 aliphatic carbocycles. The number of anilines is 2. The summed E-state index contributed by atoms with van der Waals surface area (Å²) < 4.78 is 4.82. The molecule has 0 unspecified atom stereocenters. The molecule has 2 saturated carbocycles. The van der Waals surface area contributed by atoms with E-state index in [4.69, 9.17) is 10.5 Å². The zero-order chi connectivity index (χ0) is 14.1. The molecular formula is C16H22N2O2. The minimum absolute atomic E-state index is 0.339. The molecule has 0 saturated heterocycles. The molecule has 4 nitrogen and oxygen atoms in total. The summed E-state index contributed by atoms with van der Waals surface area (Å²) in [7, 11) is 1.40. The highest BCUT2D eigenvalue weighted by Gasteiger charge is 2.41. The quantitative estimate of drug-likeness (QED) is 0.618. The Morgan fingerprint density at radius 3 is 2.55 bits per heavy atom. The summed E-state index contributed by atoms with van der Waals surface area (Å²) in [6, 6.07) is 5.36. The van der Waals surface area contributed by atoms with E-state index in [0.29, 0.717) is 11.3 Å². The molecule has 2 fully saturated rings. The second-order valence-corrected chi connectivity index (χ2v) is 5.98. The van der Waals surface area contributed by atoms with Crippen LogP contribution in [0.3, 0.4) is 0 Å². The first-order valence-electron chi connectivity index (χ1n) is 7.41. The molecule has 1 aromatic carbocycles. The van der Waals surface area contributed by atoms with Crippen LogP contribution in [0.25, 0.3) is 0 Å². The Morgan fingerprint density at radius 2 is 2.00 bits per heavy atom. The van der Waals surface area contributed by atoms with Gasteiger partial charge in [-0.15, -0.1) is 0 Å². The number of carbonyl (C=O) groups excluding carboxylic acids is 1. The van der Waals surface area contributed by atoms with Crippen molar-refractivity contribution in [3.63, 3.8) is 0 Å². The number of carbonyl (C=O) groups is 1. The number of methoxy groups -OCH3 is 1. The molecule has 4 heteroatoms. The Labute approximate surface area is 119 Å². The van der Waals surface area contributed by atoms with Crippen LogP contribution in [-0.2, 0) is 4.74 Å². The summed E-state index contributed by atoms with van der Waals surface area (Å²) in [6.07, 6.45) is 5.43. The van der Waals surface area contributed by atoms with Crippen molar-refractivity contribution in [1.29, 1.82) is 0 Å². The Kier molecular flexibility index (Phi) is 3.55. The molecule has 0 bridgehead atoms. The lowest BCUT2D eigenvalue weighted by Gasteiger charge is -2.19. The highest BCUT2D eigenvalue weighted by Crippen LogP contribution is 2.49. The molecule has 0 spiro atoms. The van der Waals surface area contributed by atoms with Crippen LogP contribution in [0.15, 0.2) is 18.2 Å². The number of rotatable bonds is 6. The average Bonchev–Trinajstić information content (AvgIpc) is 3.32. The average molecular weight is 274 g/mol. The first-order chi connectivity index (χ1) is 9.70. The van der Waals surface area contributed by atoms with Gasteiger partial charge in [0.15, 0.2) is 0 Å². The first kappa shape index (κ1) is 13.3. The monoisotopic (exact) mass is 274 g/mol. The van der Waals surface area contributed by atoms with E-state index < -0.39 is 0 Å². The summed E-state index contributed by atoms with van der Waals surface area (Å²) in [4.78, 5) is 11.8. The zero-order valence-corrected chi connectivity index (χ0v) is 11.9. The Bertz CT molecular complexity index is 495. The third-order valence-electron chi connectivity index (χ3n) is 4.47. The van der Waals surface area contributed by atoms with E-state index in [1.54, 1.807) is 12.1 Å². The number of benzene rings is 1. The van der Waals surface area contributed by atoms with Gasteiger partial charge in [0.2, 0.25) is 0 Å². The molecule has 0 amide bonds. The van der Waals surface area contributed by atoms with E-state index in [0.717, 1.165) is 30.0 Å². The summed E-state index contributed by atoms with van der Waals surface area (Å²) in [6.45, 7) is 0.910. The van der Waals surface area contributed by atoms with Gasteiger partial charge in [-0.3, -0.25) is 0 Å². The third-order valence-corrected chi connectivity index (χ3v) is 4.47. The summed E-state index contributed by atoms with van der Waals surface area (Å²) >= 11 is 0. The predicted octanol–water partition coefficient (Wildman–Crippen LogP) is 2.90. The maximum Gasteiger partial charge on any atom is 0.340 e. The number of hydrogen-bond acceptors (Lipinski definition) is 4. The smallest absolute Gasteiger partial charge is 0.340 e. The van der Waals surface area contributed by atoms with Crippen LogP contribution < -0.4 is 11.1 Å². The molecule has 0 atom stereocenters. The maximum atomic E-state index is 11.8. The summed E-state index contributed by atoms with van der Waals surface area (Å²) in [5, 5.41) is 3.41. The predicted molar refractivity (Wildman–Crippen MR) is 79.6 cm³/mol. The van der Waals surface area contributed by atoms with Gasteiger partial charge in [0.1, 0.15) is 0 Å². The van der Waals surface area contributed by atoms with Crippen molar-refractivity contribution in [2.24, 2.45) is 17.8 Å². The number of nitrogens with two attached hydrogens (primary N) is 1. The van der Waals surface area contributed by atoms with Gasteiger partial charge in [0.05, 0.1) is 24.0 Å². The van der Waals surface area contributed by atoms with Gasteiger partial charge in [-0.1, -0.05) is 6.07 Å². The lowest BCUT2D eigenvalue weighted by Crippen LogP contribution is -2.20. The molecule has 2 aliphatic rings. The van der Waals surface area contributed by atoms with Crippen molar-refractivity contribution in [3.8, 4) is 0 Å². The van der Waals surface area contributed by atoms with Crippen LogP contribution in [0.5, 0.6) is 0 Å². The van der Waals surface area contributed by atoms with E-state index in [2.05, 4.69) is 5.32 Å². The van der Waals surface area contributed by atoms with E-state index in [1.807, 2.05) is 6.07 Å². The van der Waals surface area contributed by atoms with Crippen molar-refractivity contribution in [2.45, 2.75) is 25.7 Å². The van der Waals surface area contributed by atoms with Crippen LogP contribution in [-0.4, -0.2) is 19.6 Å². The SMILES string of the molecule is COC(=O)c1cccc(N)c1NCC(C1CC1)C1CC1. The number of para-hydroxylation sites is 1. The standard InChI is InChI=1S/C16H22N2O2/c1-20-16(19)12-3-2-4-14(17)15(12)18-9-13(10-5-6-10)11-7-8-11/h2-4,10-11,13,18H,5-9,17H2,1H3. The fraction of sp³-hybridized carbons (Fsp3) is 0.562. The third kappa shape index (κ3) is 2.74. The lowest BCUT2D eigenvalue weighted by molar-refractivity contribution is 0.0602. The highest BCUT2D eigenvalue weighted by atomic mass is 16.5. The molecule has 108 valence electrons. The van der Waals surface area contributed by atoms with E-state index in [1.165, 1.54) is 32.8 Å². The van der Waals surface area contributed by atoms with Crippen molar-refractivity contribution >= 4 is 17.3 Å². The van der Waals surface area contributed by atoms with Crippen LogP contribution in [0.4, 0.5) is 11.4 Å². The molecule has 0 heterocycles. The lowest BCUT2D eigenvalue weighted by atomic mass is 9.97. The number of ether oxygens (including phenoxy) is 1. The topological polar surface area (TPSA) is 64.3 Å². The van der Waals surface area contributed by atoms with Crippen molar-refractivity contribution in [2.75, 3.05) is 24.7 Å². The molecular weight excluding hydrogens is 252 g/mol. The largest absolute Gasteiger partial charge is 0.465 e. The highest BCUT2D eigenvalue weighted by molar-refractivity contribution is 5.98. The normalized spacial score (nSPS) is 18.1. The summed E-state index contributed by atoms with van der Waals surface area (Å²) in [5.74, 6) is 2.15. The molecule has 0 aromatic heterocycles. The van der Waals surface area contributed by atoms with Gasteiger partial charge in [-0.25, -0.2) is 4.79 Å². The molecule has 1 aromatic rings. The Morgan fingerprint density at radius 1 is 1.35 bits per heavy atom. The van der Waals surface area contributed by atoms with Crippen molar-refractivity contribution in [3.05, 3.63) is 23.8 Å². The maximum absolute atomic E-state index is 11.8. The minimum Gasteiger partial charge on any atom is -0.465 e. The minimum atomic E-state index is -0.339. The van der Waals surface area contributed by atoms with E-state index in [9.17, 15) is 4.79 Å². The van der Waals surface area contributed by atoms with Gasteiger partial charge >= 0.3 is 5.97 Å².